The summed E-state index contributed by atoms with van der Waals surface area (Å²) in [5, 5.41) is 3.66. The highest BCUT2D eigenvalue weighted by Crippen LogP contribution is 2.31. The molecule has 1 heterocycles. The van der Waals surface area contributed by atoms with E-state index in [1.807, 2.05) is 0 Å². The highest BCUT2D eigenvalue weighted by Gasteiger charge is 2.36. The van der Waals surface area contributed by atoms with E-state index in [2.05, 4.69) is 33.0 Å². The molecule has 60 valence electrons. The van der Waals surface area contributed by atoms with Crippen molar-refractivity contribution in [2.45, 2.75) is 58.0 Å². The number of hydrogen-bond donors (Lipinski definition) is 1. The van der Waals surface area contributed by atoms with Crippen LogP contribution >= 0.6 is 0 Å². The van der Waals surface area contributed by atoms with Crippen LogP contribution in [-0.2, 0) is 0 Å². The quantitative estimate of drug-likeness (QED) is 0.591. The van der Waals surface area contributed by atoms with Crippen LogP contribution in [0.2, 0.25) is 0 Å². The van der Waals surface area contributed by atoms with Gasteiger partial charge in [-0.05, 0) is 40.0 Å². The molecule has 0 aromatic carbocycles. The van der Waals surface area contributed by atoms with Crippen LogP contribution in [0.25, 0.3) is 0 Å². The van der Waals surface area contributed by atoms with Crippen LogP contribution in [0.15, 0.2) is 0 Å². The van der Waals surface area contributed by atoms with Crippen LogP contribution in [0.1, 0.15) is 47.0 Å². The first-order chi connectivity index (χ1) is 4.47. The summed E-state index contributed by atoms with van der Waals surface area (Å²) in [4.78, 5) is 0. The summed E-state index contributed by atoms with van der Waals surface area (Å²) in [5.41, 5.74) is 0.800. The van der Waals surface area contributed by atoms with E-state index in [1.54, 1.807) is 0 Å². The SMILES string of the molecule is CCC1(C)CCC(C)(C)N1. The number of nitrogens with one attached hydrogen (secondary N) is 1. The van der Waals surface area contributed by atoms with Crippen molar-refractivity contribution in [1.82, 2.24) is 5.32 Å². The van der Waals surface area contributed by atoms with Crippen molar-refractivity contribution in [3.63, 3.8) is 0 Å². The van der Waals surface area contributed by atoms with Crippen LogP contribution in [-0.4, -0.2) is 11.1 Å². The minimum atomic E-state index is 0.380. The van der Waals surface area contributed by atoms with Crippen LogP contribution in [0, 0.1) is 0 Å². The van der Waals surface area contributed by atoms with Crippen molar-refractivity contribution in [2.24, 2.45) is 0 Å². The molecule has 0 amide bonds. The first kappa shape index (κ1) is 8.06. The molecule has 0 aromatic rings. The summed E-state index contributed by atoms with van der Waals surface area (Å²) in [7, 11) is 0. The Kier molecular flexibility index (Phi) is 1.80. The Morgan fingerprint density at radius 3 is 2.00 bits per heavy atom. The van der Waals surface area contributed by atoms with Gasteiger partial charge in [-0.1, -0.05) is 6.92 Å². The van der Waals surface area contributed by atoms with Gasteiger partial charge in [-0.3, -0.25) is 0 Å². The van der Waals surface area contributed by atoms with E-state index in [-0.39, 0.29) is 0 Å². The fourth-order valence-electron chi connectivity index (χ4n) is 1.80. The molecule has 1 nitrogen and oxygen atoms in total. The lowest BCUT2D eigenvalue weighted by atomic mass is 9.97. The van der Waals surface area contributed by atoms with Gasteiger partial charge in [0.25, 0.3) is 0 Å². The largest absolute Gasteiger partial charge is 0.307 e. The predicted molar refractivity (Wildman–Crippen MR) is 45.1 cm³/mol. The van der Waals surface area contributed by atoms with Gasteiger partial charge in [0.15, 0.2) is 0 Å². The highest BCUT2D eigenvalue weighted by atomic mass is 15.1. The lowest BCUT2D eigenvalue weighted by molar-refractivity contribution is 0.337. The average molecular weight is 141 g/mol. The zero-order valence-electron chi connectivity index (χ0n) is 7.62. The van der Waals surface area contributed by atoms with Crippen LogP contribution in [0.4, 0.5) is 0 Å². The van der Waals surface area contributed by atoms with E-state index < -0.39 is 0 Å². The first-order valence-corrected chi connectivity index (χ1v) is 4.27. The van der Waals surface area contributed by atoms with E-state index in [1.165, 1.54) is 19.3 Å². The summed E-state index contributed by atoms with van der Waals surface area (Å²) >= 11 is 0. The summed E-state index contributed by atoms with van der Waals surface area (Å²) in [6.45, 7) is 9.15. The lowest BCUT2D eigenvalue weighted by Crippen LogP contribution is -2.44. The average Bonchev–Trinajstić information content (AvgIpc) is 2.08. The molecule has 1 aliphatic heterocycles. The Labute approximate surface area is 64.2 Å². The minimum Gasteiger partial charge on any atom is -0.307 e. The van der Waals surface area contributed by atoms with Crippen molar-refractivity contribution in [2.75, 3.05) is 0 Å². The van der Waals surface area contributed by atoms with Gasteiger partial charge in [-0.2, -0.15) is 0 Å². The van der Waals surface area contributed by atoms with Gasteiger partial charge < -0.3 is 5.32 Å². The molecule has 1 fully saturated rings. The zero-order chi connectivity index (χ0) is 7.83. The second-order valence-electron chi connectivity index (χ2n) is 4.42. The van der Waals surface area contributed by atoms with E-state index in [0.717, 1.165) is 0 Å². The van der Waals surface area contributed by atoms with Gasteiger partial charge >= 0.3 is 0 Å². The van der Waals surface area contributed by atoms with Crippen LogP contribution in [0.3, 0.4) is 0 Å². The molecule has 10 heavy (non-hydrogen) atoms. The van der Waals surface area contributed by atoms with Crippen molar-refractivity contribution < 1.29 is 0 Å². The Balaban J connectivity index is 2.57. The first-order valence-electron chi connectivity index (χ1n) is 4.27. The molecule has 1 heteroatoms. The molecular weight excluding hydrogens is 122 g/mol. The Bertz CT molecular complexity index is 129. The van der Waals surface area contributed by atoms with Gasteiger partial charge in [0.05, 0.1) is 0 Å². The smallest absolute Gasteiger partial charge is 0.0156 e. The standard InChI is InChI=1S/C9H19N/c1-5-9(4)7-6-8(2,3)10-9/h10H,5-7H2,1-4H3. The third-order valence-electron chi connectivity index (χ3n) is 2.72. The van der Waals surface area contributed by atoms with E-state index >= 15 is 0 Å². The monoisotopic (exact) mass is 141 g/mol. The van der Waals surface area contributed by atoms with Crippen LogP contribution < -0.4 is 5.32 Å². The third kappa shape index (κ3) is 1.51. The predicted octanol–water partition coefficient (Wildman–Crippen LogP) is 2.32. The molecule has 0 bridgehead atoms. The fourth-order valence-corrected chi connectivity index (χ4v) is 1.80. The summed E-state index contributed by atoms with van der Waals surface area (Å²) in [5.74, 6) is 0. The zero-order valence-corrected chi connectivity index (χ0v) is 7.62. The molecule has 1 unspecified atom stereocenters. The molecule has 0 aliphatic carbocycles. The Morgan fingerprint density at radius 2 is 1.80 bits per heavy atom. The second kappa shape index (κ2) is 2.23. The van der Waals surface area contributed by atoms with Crippen molar-refractivity contribution in [1.29, 1.82) is 0 Å². The normalized spacial score (nSPS) is 38.4. The maximum absolute atomic E-state index is 3.66. The molecule has 0 radical (unpaired) electrons. The van der Waals surface area contributed by atoms with E-state index in [0.29, 0.717) is 11.1 Å². The molecule has 1 rings (SSSR count). The topological polar surface area (TPSA) is 12.0 Å². The van der Waals surface area contributed by atoms with E-state index in [4.69, 9.17) is 0 Å². The third-order valence-corrected chi connectivity index (χ3v) is 2.72. The number of hydrogen-bond acceptors (Lipinski definition) is 1. The highest BCUT2D eigenvalue weighted by molar-refractivity contribution is 4.98. The molecule has 1 aliphatic rings. The van der Waals surface area contributed by atoms with Gasteiger partial charge in [0.2, 0.25) is 0 Å². The van der Waals surface area contributed by atoms with Gasteiger partial charge in [-0.25, -0.2) is 0 Å². The maximum atomic E-state index is 3.66. The molecule has 1 saturated heterocycles. The van der Waals surface area contributed by atoms with Crippen LogP contribution in [0.5, 0.6) is 0 Å². The van der Waals surface area contributed by atoms with E-state index in [9.17, 15) is 0 Å². The molecule has 1 N–H and O–H groups in total. The Hall–Kier alpha value is -0.0400. The van der Waals surface area contributed by atoms with Crippen molar-refractivity contribution in [3.8, 4) is 0 Å². The van der Waals surface area contributed by atoms with Gasteiger partial charge in [-0.15, -0.1) is 0 Å². The molecule has 0 saturated carbocycles. The second-order valence-corrected chi connectivity index (χ2v) is 4.42. The maximum Gasteiger partial charge on any atom is 0.0156 e. The van der Waals surface area contributed by atoms with Crippen molar-refractivity contribution in [3.05, 3.63) is 0 Å². The molecule has 1 atom stereocenters. The summed E-state index contributed by atoms with van der Waals surface area (Å²) in [6, 6.07) is 0. The summed E-state index contributed by atoms with van der Waals surface area (Å²) in [6.07, 6.45) is 3.89. The Morgan fingerprint density at radius 1 is 1.20 bits per heavy atom. The fraction of sp³-hybridized carbons (Fsp3) is 1.00. The minimum absolute atomic E-state index is 0.380. The molecule has 0 aromatic heterocycles. The van der Waals surface area contributed by atoms with Gasteiger partial charge in [0, 0.05) is 11.1 Å². The number of rotatable bonds is 1. The van der Waals surface area contributed by atoms with Crippen molar-refractivity contribution >= 4 is 0 Å². The molecular formula is C9H19N. The summed E-state index contributed by atoms with van der Waals surface area (Å²) < 4.78 is 0. The molecule has 0 spiro atoms. The van der Waals surface area contributed by atoms with Gasteiger partial charge in [0.1, 0.15) is 0 Å². The lowest BCUT2D eigenvalue weighted by Gasteiger charge is -2.27.